The van der Waals surface area contributed by atoms with Gasteiger partial charge in [0.05, 0.1) is 20.6 Å². The van der Waals surface area contributed by atoms with Gasteiger partial charge in [0.2, 0.25) is 0 Å². The molecule has 0 spiro atoms. The van der Waals surface area contributed by atoms with Crippen molar-refractivity contribution in [3.05, 3.63) is 0 Å². The lowest BCUT2D eigenvalue weighted by atomic mass is 9.92. The standard InChI is InChI=1S/C23H48ClN.BrH/c1-5-7-8-9-10-11-12-13-14-15-16-17-18-19-22(23(24)6-2)20-21-25(3)4;/h22-23H,5-21H2,1-4H3;1H. The first-order valence-electron chi connectivity index (χ1n) is 11.5. The number of alkyl halides is 1. The Hall–Kier alpha value is 0.730. The molecule has 0 radical (unpaired) electrons. The Morgan fingerprint density at radius 2 is 1.08 bits per heavy atom. The molecule has 3 heteroatoms. The first-order valence-corrected chi connectivity index (χ1v) is 12.0. The number of halogens is 2. The van der Waals surface area contributed by atoms with E-state index in [0.29, 0.717) is 5.38 Å². The fraction of sp³-hybridized carbons (Fsp3) is 1.00. The zero-order chi connectivity index (χ0) is 18.8. The third-order valence-electron chi connectivity index (χ3n) is 5.60. The lowest BCUT2D eigenvalue weighted by Gasteiger charge is -2.22. The van der Waals surface area contributed by atoms with Crippen LogP contribution in [-0.4, -0.2) is 26.0 Å². The van der Waals surface area contributed by atoms with E-state index in [9.17, 15) is 0 Å². The van der Waals surface area contributed by atoms with Crippen LogP contribution < -0.4 is 21.9 Å². The van der Waals surface area contributed by atoms with Crippen molar-refractivity contribution in [3.63, 3.8) is 0 Å². The highest BCUT2D eigenvalue weighted by Crippen LogP contribution is 2.24. The highest BCUT2D eigenvalue weighted by atomic mass is 79.9. The van der Waals surface area contributed by atoms with Crippen molar-refractivity contribution in [1.82, 2.24) is 0 Å². The van der Waals surface area contributed by atoms with Gasteiger partial charge in [-0.05, 0) is 18.8 Å². The molecule has 1 N–H and O–H groups in total. The molecule has 0 aliphatic rings. The summed E-state index contributed by atoms with van der Waals surface area (Å²) in [6, 6.07) is 0. The lowest BCUT2D eigenvalue weighted by molar-refractivity contribution is -0.858. The molecule has 0 aliphatic heterocycles. The molecule has 0 bridgehead atoms. The van der Waals surface area contributed by atoms with E-state index in [1.807, 2.05) is 0 Å². The van der Waals surface area contributed by atoms with Gasteiger partial charge in [0.15, 0.2) is 0 Å². The van der Waals surface area contributed by atoms with Gasteiger partial charge in [-0.15, -0.1) is 11.6 Å². The van der Waals surface area contributed by atoms with E-state index < -0.39 is 0 Å². The molecule has 0 aromatic heterocycles. The van der Waals surface area contributed by atoms with Crippen LogP contribution in [0.25, 0.3) is 0 Å². The summed E-state index contributed by atoms with van der Waals surface area (Å²) in [5, 5.41) is 0.386. The highest BCUT2D eigenvalue weighted by Gasteiger charge is 2.18. The molecule has 2 atom stereocenters. The maximum Gasteiger partial charge on any atom is 0.0770 e. The van der Waals surface area contributed by atoms with Crippen molar-refractivity contribution in [3.8, 4) is 0 Å². The van der Waals surface area contributed by atoms with Gasteiger partial charge in [0, 0.05) is 11.8 Å². The van der Waals surface area contributed by atoms with Gasteiger partial charge in [-0.1, -0.05) is 97.3 Å². The number of unbranched alkanes of at least 4 members (excludes halogenated alkanes) is 12. The van der Waals surface area contributed by atoms with Gasteiger partial charge in [-0.25, -0.2) is 0 Å². The molecule has 0 aromatic carbocycles. The van der Waals surface area contributed by atoms with Crippen LogP contribution in [0.5, 0.6) is 0 Å². The number of quaternary nitrogens is 1. The van der Waals surface area contributed by atoms with E-state index in [-0.39, 0.29) is 17.0 Å². The molecule has 0 rings (SSSR count). The molecule has 160 valence electrons. The fourth-order valence-electron chi connectivity index (χ4n) is 3.74. The minimum absolute atomic E-state index is 0. The Labute approximate surface area is 181 Å². The molecular formula is C23H49BrClN. The summed E-state index contributed by atoms with van der Waals surface area (Å²) < 4.78 is 0. The molecule has 2 unspecified atom stereocenters. The molecule has 0 aromatic rings. The summed E-state index contributed by atoms with van der Waals surface area (Å²) in [4.78, 5) is 1.55. The van der Waals surface area contributed by atoms with Gasteiger partial charge in [-0.2, -0.15) is 0 Å². The average molecular weight is 455 g/mol. The summed E-state index contributed by atoms with van der Waals surface area (Å²) in [7, 11) is 4.49. The number of hydrogen-bond acceptors (Lipinski definition) is 0. The maximum absolute atomic E-state index is 6.56. The van der Waals surface area contributed by atoms with E-state index in [4.69, 9.17) is 11.6 Å². The van der Waals surface area contributed by atoms with Crippen LogP contribution in [-0.2, 0) is 0 Å². The molecule has 0 saturated heterocycles. The minimum atomic E-state index is 0. The largest absolute Gasteiger partial charge is 1.00 e. The van der Waals surface area contributed by atoms with E-state index >= 15 is 0 Å². The Balaban J connectivity index is 0. The van der Waals surface area contributed by atoms with Gasteiger partial charge in [0.25, 0.3) is 0 Å². The predicted molar refractivity (Wildman–Crippen MR) is 116 cm³/mol. The van der Waals surface area contributed by atoms with Crippen LogP contribution in [0.1, 0.15) is 117 Å². The van der Waals surface area contributed by atoms with E-state index in [0.717, 1.165) is 12.3 Å². The van der Waals surface area contributed by atoms with Crippen LogP contribution in [0.3, 0.4) is 0 Å². The summed E-state index contributed by atoms with van der Waals surface area (Å²) in [5.74, 6) is 0.731. The van der Waals surface area contributed by atoms with Crippen LogP contribution in [0.2, 0.25) is 0 Å². The average Bonchev–Trinajstić information content (AvgIpc) is 2.60. The summed E-state index contributed by atoms with van der Waals surface area (Å²) in [6.07, 6.45) is 22.4. The molecule has 0 aliphatic carbocycles. The zero-order valence-corrected chi connectivity index (χ0v) is 20.8. The molecule has 1 nitrogen and oxygen atoms in total. The molecule has 0 fully saturated rings. The third kappa shape index (κ3) is 19.5. The Morgan fingerprint density at radius 3 is 1.46 bits per heavy atom. The Bertz CT molecular complexity index is 261. The minimum Gasteiger partial charge on any atom is -1.00 e. The van der Waals surface area contributed by atoms with Crippen molar-refractivity contribution in [1.29, 1.82) is 0 Å². The first kappa shape index (κ1) is 28.9. The van der Waals surface area contributed by atoms with E-state index in [1.54, 1.807) is 4.90 Å². The molecule has 0 saturated carbocycles. The van der Waals surface area contributed by atoms with Gasteiger partial charge in [-0.3, -0.25) is 0 Å². The second-order valence-electron chi connectivity index (χ2n) is 8.46. The number of rotatable bonds is 19. The quantitative estimate of drug-likeness (QED) is 0.224. The van der Waals surface area contributed by atoms with E-state index in [2.05, 4.69) is 27.9 Å². The maximum atomic E-state index is 6.56. The van der Waals surface area contributed by atoms with Gasteiger partial charge >= 0.3 is 0 Å². The Morgan fingerprint density at radius 1 is 0.654 bits per heavy atom. The molecule has 0 heterocycles. The molecule has 26 heavy (non-hydrogen) atoms. The molecule has 0 amide bonds. The SMILES string of the molecule is CCCCCCCCCCCCCCCC(CC[NH+](C)C)C(Cl)CC.[Br-]. The van der Waals surface area contributed by atoms with Crippen molar-refractivity contribution in [2.45, 2.75) is 122 Å². The van der Waals surface area contributed by atoms with Crippen LogP contribution in [0.4, 0.5) is 0 Å². The van der Waals surface area contributed by atoms with Gasteiger partial charge in [0.1, 0.15) is 0 Å². The third-order valence-corrected chi connectivity index (χ3v) is 6.26. The summed E-state index contributed by atoms with van der Waals surface area (Å²) in [6.45, 7) is 5.78. The van der Waals surface area contributed by atoms with Crippen LogP contribution >= 0.6 is 11.6 Å². The van der Waals surface area contributed by atoms with Crippen molar-refractivity contribution in [2.75, 3.05) is 20.6 Å². The summed E-state index contributed by atoms with van der Waals surface area (Å²) >= 11 is 6.56. The predicted octanol–water partition coefficient (Wildman–Crippen LogP) is 3.64. The van der Waals surface area contributed by atoms with Crippen LogP contribution in [0, 0.1) is 5.92 Å². The normalized spacial score (nSPS) is 13.6. The topological polar surface area (TPSA) is 4.44 Å². The van der Waals surface area contributed by atoms with Crippen molar-refractivity contribution < 1.29 is 21.9 Å². The first-order chi connectivity index (χ1) is 12.1. The van der Waals surface area contributed by atoms with Crippen molar-refractivity contribution >= 4 is 11.6 Å². The van der Waals surface area contributed by atoms with Crippen LogP contribution in [0.15, 0.2) is 0 Å². The highest BCUT2D eigenvalue weighted by molar-refractivity contribution is 6.20. The van der Waals surface area contributed by atoms with Gasteiger partial charge < -0.3 is 21.9 Å². The number of hydrogen-bond donors (Lipinski definition) is 1. The lowest BCUT2D eigenvalue weighted by Crippen LogP contribution is -3.05. The second-order valence-corrected chi connectivity index (χ2v) is 9.02. The smallest absolute Gasteiger partial charge is 0.0770 e. The second kappa shape index (κ2) is 22.0. The zero-order valence-electron chi connectivity index (χ0n) is 18.4. The Kier molecular flexibility index (Phi) is 24.5. The summed E-state index contributed by atoms with van der Waals surface area (Å²) in [5.41, 5.74) is 0. The fourth-order valence-corrected chi connectivity index (χ4v) is 3.99. The molecular weight excluding hydrogens is 406 g/mol. The number of nitrogens with one attached hydrogen (secondary N) is 1. The monoisotopic (exact) mass is 453 g/mol. The van der Waals surface area contributed by atoms with E-state index in [1.165, 1.54) is 103 Å². The van der Waals surface area contributed by atoms with Crippen molar-refractivity contribution in [2.24, 2.45) is 5.92 Å².